The lowest BCUT2D eigenvalue weighted by Crippen LogP contribution is -2.38. The van der Waals surface area contributed by atoms with Gasteiger partial charge in [-0.1, -0.05) is 6.07 Å². The first kappa shape index (κ1) is 14.7. The van der Waals surface area contributed by atoms with E-state index < -0.39 is 5.60 Å². The Hall–Kier alpha value is -0.680. The third-order valence-corrected chi connectivity index (χ3v) is 5.30. The summed E-state index contributed by atoms with van der Waals surface area (Å²) in [5.74, 6) is 0.974. The monoisotopic (exact) mass is 299 g/mol. The lowest BCUT2D eigenvalue weighted by molar-refractivity contribution is 0.0263. The van der Waals surface area contributed by atoms with Crippen LogP contribution in [0.2, 0.25) is 0 Å². The van der Waals surface area contributed by atoms with Crippen molar-refractivity contribution in [3.63, 3.8) is 0 Å². The molecule has 2 rings (SSSR count). The molecule has 0 saturated carbocycles. The zero-order chi connectivity index (χ0) is 13.9. The Kier molecular flexibility index (Phi) is 4.79. The highest BCUT2D eigenvalue weighted by atomic mass is 32.2. The molecule has 0 aliphatic carbocycles. The summed E-state index contributed by atoms with van der Waals surface area (Å²) in [5, 5.41) is 2.64. The second-order valence-corrected chi connectivity index (χ2v) is 7.92. The first-order valence-corrected chi connectivity index (χ1v) is 8.51. The van der Waals surface area contributed by atoms with Crippen molar-refractivity contribution in [3.8, 4) is 0 Å². The molecule has 1 amide bonds. The van der Waals surface area contributed by atoms with Crippen LogP contribution < -0.4 is 0 Å². The highest BCUT2D eigenvalue weighted by molar-refractivity contribution is 7.99. The van der Waals surface area contributed by atoms with Crippen molar-refractivity contribution in [2.45, 2.75) is 38.0 Å². The minimum atomic E-state index is -0.413. The van der Waals surface area contributed by atoms with Crippen LogP contribution in [0.1, 0.15) is 37.3 Å². The summed E-state index contributed by atoms with van der Waals surface area (Å²) in [5.41, 5.74) is -0.413. The molecule has 3 nitrogen and oxygen atoms in total. The number of amides is 1. The smallest absolute Gasteiger partial charge is 0.410 e. The van der Waals surface area contributed by atoms with E-state index in [9.17, 15) is 4.79 Å². The van der Waals surface area contributed by atoms with Crippen molar-refractivity contribution in [3.05, 3.63) is 22.4 Å². The van der Waals surface area contributed by atoms with Crippen LogP contribution in [0.5, 0.6) is 0 Å². The maximum atomic E-state index is 12.1. The molecule has 1 aromatic heterocycles. The lowest BCUT2D eigenvalue weighted by Gasteiger charge is -2.26. The maximum absolute atomic E-state index is 12.1. The van der Waals surface area contributed by atoms with Crippen LogP contribution in [0.4, 0.5) is 4.79 Å². The van der Waals surface area contributed by atoms with Gasteiger partial charge in [-0.15, -0.1) is 11.3 Å². The van der Waals surface area contributed by atoms with Gasteiger partial charge in [0.05, 0.1) is 0 Å². The molecule has 1 saturated heterocycles. The minimum Gasteiger partial charge on any atom is -0.444 e. The number of hydrogen-bond donors (Lipinski definition) is 0. The number of carbonyl (C=O) groups excluding carboxylic acids is 1. The number of thioether (sulfide) groups is 1. The summed E-state index contributed by atoms with van der Waals surface area (Å²) in [7, 11) is 0. The first-order valence-electron chi connectivity index (χ1n) is 6.58. The van der Waals surface area contributed by atoms with Crippen molar-refractivity contribution < 1.29 is 9.53 Å². The van der Waals surface area contributed by atoms with E-state index >= 15 is 0 Å². The van der Waals surface area contributed by atoms with Gasteiger partial charge in [0.2, 0.25) is 0 Å². The molecule has 19 heavy (non-hydrogen) atoms. The molecular weight excluding hydrogens is 278 g/mol. The zero-order valence-electron chi connectivity index (χ0n) is 11.7. The Morgan fingerprint density at radius 1 is 1.42 bits per heavy atom. The fourth-order valence-electron chi connectivity index (χ4n) is 1.98. The molecule has 1 atom stereocenters. The Morgan fingerprint density at radius 2 is 2.21 bits per heavy atom. The second kappa shape index (κ2) is 6.18. The zero-order valence-corrected chi connectivity index (χ0v) is 13.4. The van der Waals surface area contributed by atoms with E-state index in [0.717, 1.165) is 25.3 Å². The fourth-order valence-corrected chi connectivity index (χ4v) is 4.22. The molecule has 106 valence electrons. The van der Waals surface area contributed by atoms with Gasteiger partial charge in [-0.25, -0.2) is 4.79 Å². The molecule has 0 bridgehead atoms. The predicted octanol–water partition coefficient (Wildman–Crippen LogP) is 4.16. The van der Waals surface area contributed by atoms with Gasteiger partial charge in [-0.2, -0.15) is 11.8 Å². The van der Waals surface area contributed by atoms with Gasteiger partial charge in [-0.3, -0.25) is 0 Å². The topological polar surface area (TPSA) is 29.5 Å². The van der Waals surface area contributed by atoms with E-state index in [4.69, 9.17) is 4.74 Å². The van der Waals surface area contributed by atoms with Crippen LogP contribution in [0.3, 0.4) is 0 Å². The average molecular weight is 299 g/mol. The molecule has 0 spiro atoms. The Morgan fingerprint density at radius 3 is 2.84 bits per heavy atom. The number of nitrogens with zero attached hydrogens (tertiary/aromatic N) is 1. The molecule has 1 aromatic rings. The second-order valence-electron chi connectivity index (χ2n) is 5.63. The van der Waals surface area contributed by atoms with Crippen molar-refractivity contribution in [1.29, 1.82) is 0 Å². The molecule has 1 aliphatic rings. The standard InChI is InChI=1S/C14H21NO2S2/c1-14(2,3)17-13(16)15-7-6-12(19-10-8-15)11-5-4-9-18-11/h4-5,9,12H,6-8,10H2,1-3H3. The summed E-state index contributed by atoms with van der Waals surface area (Å²) in [6, 6.07) is 4.28. The van der Waals surface area contributed by atoms with E-state index in [-0.39, 0.29) is 6.09 Å². The molecule has 1 unspecified atom stereocenters. The van der Waals surface area contributed by atoms with E-state index in [1.807, 2.05) is 37.4 Å². The Balaban J connectivity index is 1.91. The van der Waals surface area contributed by atoms with Crippen molar-refractivity contribution in [2.24, 2.45) is 0 Å². The van der Waals surface area contributed by atoms with Crippen LogP contribution in [-0.2, 0) is 4.74 Å². The van der Waals surface area contributed by atoms with E-state index in [1.165, 1.54) is 4.88 Å². The normalized spacial score (nSPS) is 21.0. The molecule has 5 heteroatoms. The Bertz CT molecular complexity index is 412. The summed E-state index contributed by atoms with van der Waals surface area (Å²) in [4.78, 5) is 15.3. The van der Waals surface area contributed by atoms with E-state index in [2.05, 4.69) is 17.5 Å². The van der Waals surface area contributed by atoms with E-state index in [0.29, 0.717) is 5.25 Å². The summed E-state index contributed by atoms with van der Waals surface area (Å²) in [6.45, 7) is 7.29. The van der Waals surface area contributed by atoms with Gasteiger partial charge < -0.3 is 9.64 Å². The molecular formula is C14H21NO2S2. The van der Waals surface area contributed by atoms with Gasteiger partial charge in [0, 0.05) is 29.0 Å². The largest absolute Gasteiger partial charge is 0.444 e. The number of hydrogen-bond acceptors (Lipinski definition) is 4. The SMILES string of the molecule is CC(C)(C)OC(=O)N1CCSC(c2cccs2)CC1. The number of rotatable bonds is 1. The van der Waals surface area contributed by atoms with Gasteiger partial charge in [-0.05, 0) is 38.6 Å². The molecule has 2 heterocycles. The lowest BCUT2D eigenvalue weighted by atomic mass is 10.2. The van der Waals surface area contributed by atoms with Crippen LogP contribution in [0, 0.1) is 0 Å². The summed E-state index contributed by atoms with van der Waals surface area (Å²) < 4.78 is 5.44. The van der Waals surface area contributed by atoms with Crippen molar-refractivity contribution >= 4 is 29.2 Å². The molecule has 1 aliphatic heterocycles. The molecule has 0 radical (unpaired) electrons. The molecule has 1 fully saturated rings. The van der Waals surface area contributed by atoms with Gasteiger partial charge >= 0.3 is 6.09 Å². The van der Waals surface area contributed by atoms with Crippen LogP contribution >= 0.6 is 23.1 Å². The summed E-state index contributed by atoms with van der Waals surface area (Å²) >= 11 is 3.74. The number of ether oxygens (including phenoxy) is 1. The van der Waals surface area contributed by atoms with Gasteiger partial charge in [0.1, 0.15) is 5.60 Å². The van der Waals surface area contributed by atoms with E-state index in [1.54, 1.807) is 11.3 Å². The Labute approximate surface area is 123 Å². The average Bonchev–Trinajstić information content (AvgIpc) is 2.71. The van der Waals surface area contributed by atoms with Gasteiger partial charge in [0.25, 0.3) is 0 Å². The highest BCUT2D eigenvalue weighted by Gasteiger charge is 2.26. The quantitative estimate of drug-likeness (QED) is 0.779. The first-order chi connectivity index (χ1) is 8.96. The number of thiophene rings is 1. The highest BCUT2D eigenvalue weighted by Crippen LogP contribution is 2.36. The van der Waals surface area contributed by atoms with Crippen molar-refractivity contribution in [2.75, 3.05) is 18.8 Å². The third-order valence-electron chi connectivity index (χ3n) is 2.85. The fraction of sp³-hybridized carbons (Fsp3) is 0.643. The van der Waals surface area contributed by atoms with Crippen molar-refractivity contribution in [1.82, 2.24) is 4.90 Å². The minimum absolute atomic E-state index is 0.181. The van der Waals surface area contributed by atoms with Crippen LogP contribution in [0.15, 0.2) is 17.5 Å². The maximum Gasteiger partial charge on any atom is 0.410 e. The predicted molar refractivity (Wildman–Crippen MR) is 81.9 cm³/mol. The number of carbonyl (C=O) groups is 1. The summed E-state index contributed by atoms with van der Waals surface area (Å²) in [6.07, 6.45) is 0.824. The van der Waals surface area contributed by atoms with Gasteiger partial charge in [0.15, 0.2) is 0 Å². The molecule has 0 aromatic carbocycles. The van der Waals surface area contributed by atoms with Crippen LogP contribution in [-0.4, -0.2) is 35.4 Å². The molecule has 0 N–H and O–H groups in total. The van der Waals surface area contributed by atoms with Crippen LogP contribution in [0.25, 0.3) is 0 Å². The third kappa shape index (κ3) is 4.42.